The zero-order valence-corrected chi connectivity index (χ0v) is 13.6. The Morgan fingerprint density at radius 3 is 2.61 bits per heavy atom. The van der Waals surface area contributed by atoms with E-state index in [4.69, 9.17) is 9.94 Å². The molecule has 0 spiro atoms. The van der Waals surface area contributed by atoms with Crippen LogP contribution >= 0.6 is 0 Å². The first-order valence-electron chi connectivity index (χ1n) is 7.15. The lowest BCUT2D eigenvalue weighted by Crippen LogP contribution is -2.28. The summed E-state index contributed by atoms with van der Waals surface area (Å²) in [4.78, 5) is 12.1. The number of nitrogens with one attached hydrogen (secondary N) is 1. The van der Waals surface area contributed by atoms with Crippen LogP contribution in [0.4, 0.5) is 0 Å². The molecular weight excluding hydrogens is 314 g/mol. The lowest BCUT2D eigenvalue weighted by Gasteiger charge is -2.16. The largest absolute Gasteiger partial charge is 0.497 e. The molecule has 0 saturated heterocycles. The van der Waals surface area contributed by atoms with E-state index in [9.17, 15) is 9.00 Å². The van der Waals surface area contributed by atoms with Crippen molar-refractivity contribution in [2.45, 2.75) is 23.0 Å². The van der Waals surface area contributed by atoms with Crippen LogP contribution in [0.3, 0.4) is 0 Å². The zero-order valence-electron chi connectivity index (χ0n) is 12.8. The summed E-state index contributed by atoms with van der Waals surface area (Å²) in [5.41, 5.74) is 2.60. The highest BCUT2D eigenvalue weighted by Crippen LogP contribution is 2.22. The number of benzene rings is 2. The van der Waals surface area contributed by atoms with Gasteiger partial charge in [-0.15, -0.1) is 0 Å². The van der Waals surface area contributed by atoms with E-state index >= 15 is 0 Å². The molecule has 0 saturated carbocycles. The minimum atomic E-state index is -1.41. The molecule has 0 radical (unpaired) electrons. The molecule has 2 aromatic rings. The van der Waals surface area contributed by atoms with Gasteiger partial charge in [-0.25, -0.2) is 5.48 Å². The van der Waals surface area contributed by atoms with Gasteiger partial charge in [0.2, 0.25) is 5.91 Å². The van der Waals surface area contributed by atoms with Gasteiger partial charge in [0.15, 0.2) is 0 Å². The highest BCUT2D eigenvalue weighted by atomic mass is 32.2. The van der Waals surface area contributed by atoms with Crippen molar-refractivity contribution >= 4 is 16.7 Å². The van der Waals surface area contributed by atoms with E-state index in [1.165, 1.54) is 0 Å². The maximum Gasteiger partial charge on any atom is 0.244 e. The van der Waals surface area contributed by atoms with Crippen molar-refractivity contribution in [1.29, 1.82) is 0 Å². The molecule has 0 aliphatic heterocycles. The molecule has 0 fully saturated rings. The van der Waals surface area contributed by atoms with E-state index in [1.807, 2.05) is 30.3 Å². The van der Waals surface area contributed by atoms with Gasteiger partial charge < -0.3 is 4.74 Å². The molecule has 2 atom stereocenters. The van der Waals surface area contributed by atoms with Crippen molar-refractivity contribution in [1.82, 2.24) is 5.48 Å². The maximum absolute atomic E-state index is 12.9. The SMILES string of the molecule is COc1cccc(S(=O)C(CC(=O)NO)Cc2ccccc2)c1. The quantitative estimate of drug-likeness (QED) is 0.602. The highest BCUT2D eigenvalue weighted by Gasteiger charge is 2.22. The van der Waals surface area contributed by atoms with E-state index in [1.54, 1.807) is 36.9 Å². The Kier molecular flexibility index (Phi) is 6.31. The molecule has 1 amide bonds. The van der Waals surface area contributed by atoms with Crippen LogP contribution in [0.25, 0.3) is 0 Å². The second-order valence-corrected chi connectivity index (χ2v) is 6.76. The van der Waals surface area contributed by atoms with Crippen molar-refractivity contribution in [3.05, 3.63) is 60.2 Å². The van der Waals surface area contributed by atoms with Crippen molar-refractivity contribution in [2.24, 2.45) is 0 Å². The molecule has 0 aliphatic carbocycles. The van der Waals surface area contributed by atoms with Gasteiger partial charge in [0.05, 0.1) is 23.2 Å². The summed E-state index contributed by atoms with van der Waals surface area (Å²) in [6, 6.07) is 16.5. The fraction of sp³-hybridized carbons (Fsp3) is 0.235. The molecule has 122 valence electrons. The second kappa shape index (κ2) is 8.45. The number of ether oxygens (including phenoxy) is 1. The van der Waals surface area contributed by atoms with Gasteiger partial charge in [-0.1, -0.05) is 36.4 Å². The molecule has 2 rings (SSSR count). The molecule has 2 unspecified atom stereocenters. The van der Waals surface area contributed by atoms with Crippen LogP contribution in [0.1, 0.15) is 12.0 Å². The second-order valence-electron chi connectivity index (χ2n) is 5.03. The smallest absolute Gasteiger partial charge is 0.244 e. The lowest BCUT2D eigenvalue weighted by atomic mass is 10.1. The first-order chi connectivity index (χ1) is 11.1. The molecule has 0 heterocycles. The van der Waals surface area contributed by atoms with E-state index in [-0.39, 0.29) is 6.42 Å². The van der Waals surface area contributed by atoms with Crippen LogP contribution in [0.2, 0.25) is 0 Å². The van der Waals surface area contributed by atoms with Crippen molar-refractivity contribution < 1.29 is 18.9 Å². The number of hydrogen-bond donors (Lipinski definition) is 2. The minimum absolute atomic E-state index is 0.0325. The van der Waals surface area contributed by atoms with E-state index in [0.717, 1.165) is 5.56 Å². The Hall–Kier alpha value is -2.18. The standard InChI is InChI=1S/C17H19NO4S/c1-22-14-8-5-9-15(11-14)23(21)16(12-17(19)18-20)10-13-6-3-2-4-7-13/h2-9,11,16,20H,10,12H2,1H3,(H,18,19). The third kappa shape index (κ3) is 4.91. The van der Waals surface area contributed by atoms with Gasteiger partial charge in [-0.2, -0.15) is 0 Å². The van der Waals surface area contributed by atoms with Crippen molar-refractivity contribution in [3.63, 3.8) is 0 Å². The summed E-state index contributed by atoms with van der Waals surface area (Å²) in [7, 11) is 0.137. The first-order valence-corrected chi connectivity index (χ1v) is 8.37. The number of methoxy groups -OCH3 is 1. The average molecular weight is 333 g/mol. The van der Waals surface area contributed by atoms with Crippen LogP contribution < -0.4 is 10.2 Å². The number of hydrogen-bond acceptors (Lipinski definition) is 4. The predicted octanol–water partition coefficient (Wildman–Crippen LogP) is 2.31. The van der Waals surface area contributed by atoms with Gasteiger partial charge in [-0.05, 0) is 30.2 Å². The number of amides is 1. The summed E-state index contributed by atoms with van der Waals surface area (Å²) < 4.78 is 18.0. The Morgan fingerprint density at radius 1 is 1.22 bits per heavy atom. The Morgan fingerprint density at radius 2 is 1.96 bits per heavy atom. The lowest BCUT2D eigenvalue weighted by molar-refractivity contribution is -0.129. The first kappa shape index (κ1) is 17.2. The molecule has 0 aromatic heterocycles. The molecular formula is C17H19NO4S. The molecule has 6 heteroatoms. The summed E-state index contributed by atoms with van der Waals surface area (Å²) >= 11 is 0. The van der Waals surface area contributed by atoms with E-state index < -0.39 is 22.0 Å². The predicted molar refractivity (Wildman–Crippen MR) is 87.9 cm³/mol. The van der Waals surface area contributed by atoms with Crippen LogP contribution in [0.5, 0.6) is 5.75 Å². The van der Waals surface area contributed by atoms with Gasteiger partial charge in [0.25, 0.3) is 0 Å². The maximum atomic E-state index is 12.9. The van der Waals surface area contributed by atoms with Crippen molar-refractivity contribution in [2.75, 3.05) is 7.11 Å². The monoisotopic (exact) mass is 333 g/mol. The Balaban J connectivity index is 2.24. The van der Waals surface area contributed by atoms with Crippen LogP contribution in [0, 0.1) is 0 Å². The molecule has 23 heavy (non-hydrogen) atoms. The fourth-order valence-corrected chi connectivity index (χ4v) is 3.75. The van der Waals surface area contributed by atoms with Crippen molar-refractivity contribution in [3.8, 4) is 5.75 Å². The summed E-state index contributed by atoms with van der Waals surface area (Å²) in [5, 5.41) is 8.32. The van der Waals surface area contributed by atoms with E-state index in [2.05, 4.69) is 0 Å². The Labute approximate surface area is 137 Å². The van der Waals surface area contributed by atoms with Crippen LogP contribution in [-0.2, 0) is 22.0 Å². The summed E-state index contributed by atoms with van der Waals surface area (Å²) in [6.07, 6.45) is 0.438. The third-order valence-electron chi connectivity index (χ3n) is 3.42. The molecule has 5 nitrogen and oxygen atoms in total. The molecule has 2 aromatic carbocycles. The number of hydroxylamine groups is 1. The average Bonchev–Trinajstić information content (AvgIpc) is 2.61. The minimum Gasteiger partial charge on any atom is -0.497 e. The van der Waals surface area contributed by atoms with Crippen LogP contribution in [0.15, 0.2) is 59.5 Å². The Bertz CT molecular complexity index is 675. The summed E-state index contributed by atoms with van der Waals surface area (Å²) in [5.74, 6) is 0.0584. The number of rotatable bonds is 7. The van der Waals surface area contributed by atoms with Gasteiger partial charge >= 0.3 is 0 Å². The fourth-order valence-electron chi connectivity index (χ4n) is 2.27. The van der Waals surface area contributed by atoms with Gasteiger partial charge in [0, 0.05) is 11.3 Å². The number of carbonyl (C=O) groups excluding carboxylic acids is 1. The number of carbonyl (C=O) groups is 1. The molecule has 0 bridgehead atoms. The third-order valence-corrected chi connectivity index (χ3v) is 5.08. The highest BCUT2D eigenvalue weighted by molar-refractivity contribution is 7.85. The zero-order chi connectivity index (χ0) is 16.7. The van der Waals surface area contributed by atoms with Gasteiger partial charge in [-0.3, -0.25) is 14.2 Å². The molecule has 2 N–H and O–H groups in total. The summed E-state index contributed by atoms with van der Waals surface area (Å²) in [6.45, 7) is 0. The van der Waals surface area contributed by atoms with Gasteiger partial charge in [0.1, 0.15) is 5.75 Å². The normalized spacial score (nSPS) is 13.1. The molecule has 0 aliphatic rings. The van der Waals surface area contributed by atoms with Crippen LogP contribution in [-0.4, -0.2) is 27.7 Å². The topological polar surface area (TPSA) is 75.6 Å². The van der Waals surface area contributed by atoms with E-state index in [0.29, 0.717) is 17.1 Å².